The van der Waals surface area contributed by atoms with Crippen molar-refractivity contribution >= 4 is 27.5 Å². The van der Waals surface area contributed by atoms with E-state index in [4.69, 9.17) is 5.14 Å². The van der Waals surface area contributed by atoms with Crippen molar-refractivity contribution in [2.24, 2.45) is 5.14 Å². The number of piperidine rings is 1. The van der Waals surface area contributed by atoms with Gasteiger partial charge in [-0.1, -0.05) is 17.7 Å². The van der Waals surface area contributed by atoms with Crippen LogP contribution in [0.1, 0.15) is 18.4 Å². The maximum atomic E-state index is 13.3. The predicted octanol–water partition coefficient (Wildman–Crippen LogP) is 3.20. The standard InChI is InChI=1S/C18H17F2N3O4S/c19-15-3-1-13(10-16(15)20)9-12-5-7-22(8-6-12)17-4-2-14(28(21,26)27)11-18(17)23(24)25/h1-4,9-11H,5-8H2,(H2,21,26,27). The van der Waals surface area contributed by atoms with Crippen LogP contribution in [0.15, 0.2) is 46.9 Å². The molecule has 148 valence electrons. The number of anilines is 1. The van der Waals surface area contributed by atoms with Gasteiger partial charge in [0.1, 0.15) is 5.69 Å². The van der Waals surface area contributed by atoms with E-state index in [2.05, 4.69) is 0 Å². The maximum Gasteiger partial charge on any atom is 0.293 e. The Morgan fingerprint density at radius 1 is 1.07 bits per heavy atom. The largest absolute Gasteiger partial charge is 0.365 e. The van der Waals surface area contributed by atoms with Crippen LogP contribution in [-0.2, 0) is 10.0 Å². The zero-order chi connectivity index (χ0) is 20.5. The smallest absolute Gasteiger partial charge is 0.293 e. The van der Waals surface area contributed by atoms with Crippen LogP contribution in [0, 0.1) is 21.7 Å². The highest BCUT2D eigenvalue weighted by Gasteiger charge is 2.25. The van der Waals surface area contributed by atoms with Crippen molar-refractivity contribution in [3.8, 4) is 0 Å². The Labute approximate surface area is 160 Å². The van der Waals surface area contributed by atoms with Gasteiger partial charge in [0.25, 0.3) is 5.69 Å². The molecule has 1 heterocycles. The molecule has 0 radical (unpaired) electrons. The molecule has 2 aromatic carbocycles. The normalized spacial score (nSPS) is 14.8. The fourth-order valence-electron chi connectivity index (χ4n) is 3.11. The van der Waals surface area contributed by atoms with E-state index in [1.807, 2.05) is 0 Å². The van der Waals surface area contributed by atoms with E-state index >= 15 is 0 Å². The highest BCUT2D eigenvalue weighted by molar-refractivity contribution is 7.89. The predicted molar refractivity (Wildman–Crippen MR) is 100 cm³/mol. The van der Waals surface area contributed by atoms with Gasteiger partial charge in [-0.15, -0.1) is 0 Å². The van der Waals surface area contributed by atoms with Crippen molar-refractivity contribution in [3.63, 3.8) is 0 Å². The lowest BCUT2D eigenvalue weighted by Crippen LogP contribution is -2.31. The first-order valence-corrected chi connectivity index (χ1v) is 9.90. The summed E-state index contributed by atoms with van der Waals surface area (Å²) in [5.74, 6) is -1.83. The second-order valence-electron chi connectivity index (χ2n) is 6.42. The fraction of sp³-hybridized carbons (Fsp3) is 0.222. The van der Waals surface area contributed by atoms with Gasteiger partial charge in [0.2, 0.25) is 10.0 Å². The van der Waals surface area contributed by atoms with Crippen LogP contribution in [-0.4, -0.2) is 26.4 Å². The molecule has 1 saturated heterocycles. The first-order valence-electron chi connectivity index (χ1n) is 8.36. The van der Waals surface area contributed by atoms with E-state index in [1.165, 1.54) is 18.2 Å². The van der Waals surface area contributed by atoms with Crippen LogP contribution in [0.25, 0.3) is 6.08 Å². The van der Waals surface area contributed by atoms with Crippen molar-refractivity contribution in [2.45, 2.75) is 17.7 Å². The zero-order valence-corrected chi connectivity index (χ0v) is 15.5. The first kappa shape index (κ1) is 19.9. The third-order valence-electron chi connectivity index (χ3n) is 4.53. The van der Waals surface area contributed by atoms with Gasteiger partial charge in [0.05, 0.1) is 9.82 Å². The molecule has 0 unspecified atom stereocenters. The highest BCUT2D eigenvalue weighted by atomic mass is 32.2. The molecule has 2 N–H and O–H groups in total. The Kier molecular flexibility index (Phi) is 5.43. The topological polar surface area (TPSA) is 107 Å². The van der Waals surface area contributed by atoms with Crippen molar-refractivity contribution < 1.29 is 22.1 Å². The van der Waals surface area contributed by atoms with Crippen molar-refractivity contribution in [1.29, 1.82) is 0 Å². The van der Waals surface area contributed by atoms with Gasteiger partial charge in [-0.25, -0.2) is 22.3 Å². The SMILES string of the molecule is NS(=O)(=O)c1ccc(N2CCC(=Cc3ccc(F)c(F)c3)CC2)c([N+](=O)[O-])c1. The van der Waals surface area contributed by atoms with Gasteiger partial charge >= 0.3 is 0 Å². The van der Waals surface area contributed by atoms with Crippen LogP contribution in [0.3, 0.4) is 0 Å². The van der Waals surface area contributed by atoms with E-state index in [1.54, 1.807) is 11.0 Å². The molecule has 1 fully saturated rings. The van der Waals surface area contributed by atoms with Crippen molar-refractivity contribution in [3.05, 3.63) is 69.3 Å². The second-order valence-corrected chi connectivity index (χ2v) is 7.98. The summed E-state index contributed by atoms with van der Waals surface area (Å²) in [6.07, 6.45) is 2.93. The summed E-state index contributed by atoms with van der Waals surface area (Å²) >= 11 is 0. The molecule has 10 heteroatoms. The second kappa shape index (κ2) is 7.64. The number of sulfonamides is 1. The van der Waals surface area contributed by atoms with E-state index in [0.29, 0.717) is 37.2 Å². The van der Waals surface area contributed by atoms with Crippen molar-refractivity contribution in [1.82, 2.24) is 0 Å². The lowest BCUT2D eigenvalue weighted by atomic mass is 10.00. The number of hydrogen-bond acceptors (Lipinski definition) is 5. The Balaban J connectivity index is 1.80. The molecule has 1 aliphatic heterocycles. The van der Waals surface area contributed by atoms with E-state index in [0.717, 1.165) is 23.8 Å². The number of hydrogen-bond donors (Lipinski definition) is 1. The van der Waals surface area contributed by atoms with E-state index < -0.39 is 26.6 Å². The minimum Gasteiger partial charge on any atom is -0.365 e. The molecular weight excluding hydrogens is 392 g/mol. The first-order chi connectivity index (χ1) is 13.1. The monoisotopic (exact) mass is 409 g/mol. The summed E-state index contributed by atoms with van der Waals surface area (Å²) in [4.78, 5) is 12.2. The Morgan fingerprint density at radius 2 is 1.75 bits per heavy atom. The number of rotatable bonds is 4. The number of nitrogens with two attached hydrogens (primary N) is 1. The summed E-state index contributed by atoms with van der Waals surface area (Å²) in [6, 6.07) is 7.23. The molecular formula is C18H17F2N3O4S. The fourth-order valence-corrected chi connectivity index (χ4v) is 3.64. The van der Waals surface area contributed by atoms with Gasteiger partial charge in [-0.2, -0.15) is 0 Å². The maximum absolute atomic E-state index is 13.3. The quantitative estimate of drug-likeness (QED) is 0.616. The Hall–Kier alpha value is -2.85. The Bertz CT molecular complexity index is 1060. The van der Waals surface area contributed by atoms with Crippen LogP contribution in [0.2, 0.25) is 0 Å². The van der Waals surface area contributed by atoms with Gasteiger partial charge < -0.3 is 4.90 Å². The van der Waals surface area contributed by atoms with Gasteiger partial charge in [0, 0.05) is 19.2 Å². The highest BCUT2D eigenvalue weighted by Crippen LogP contribution is 2.33. The van der Waals surface area contributed by atoms with Gasteiger partial charge in [-0.05, 0) is 42.7 Å². The summed E-state index contributed by atoms with van der Waals surface area (Å²) in [5, 5.41) is 16.4. The number of nitrogens with zero attached hydrogens (tertiary/aromatic N) is 2. The molecule has 28 heavy (non-hydrogen) atoms. The average Bonchev–Trinajstić information content (AvgIpc) is 2.64. The van der Waals surface area contributed by atoms with Gasteiger partial charge in [0.15, 0.2) is 11.6 Å². The molecule has 0 bridgehead atoms. The van der Waals surface area contributed by atoms with Crippen LogP contribution >= 0.6 is 0 Å². The van der Waals surface area contributed by atoms with E-state index in [9.17, 15) is 27.3 Å². The minimum absolute atomic E-state index is 0.310. The Morgan fingerprint density at radius 3 is 2.32 bits per heavy atom. The molecule has 2 aromatic rings. The number of benzene rings is 2. The summed E-state index contributed by atoms with van der Waals surface area (Å²) < 4.78 is 49.2. The van der Waals surface area contributed by atoms with E-state index in [-0.39, 0.29) is 10.6 Å². The summed E-state index contributed by atoms with van der Waals surface area (Å²) in [5.41, 5.74) is 1.53. The molecule has 1 aliphatic rings. The average molecular weight is 409 g/mol. The third kappa shape index (κ3) is 4.34. The number of halogens is 2. The number of nitro groups is 1. The molecule has 3 rings (SSSR count). The van der Waals surface area contributed by atoms with Crippen LogP contribution < -0.4 is 10.0 Å². The lowest BCUT2D eigenvalue weighted by Gasteiger charge is -2.30. The lowest BCUT2D eigenvalue weighted by molar-refractivity contribution is -0.384. The zero-order valence-electron chi connectivity index (χ0n) is 14.6. The third-order valence-corrected chi connectivity index (χ3v) is 5.44. The summed E-state index contributed by atoms with van der Waals surface area (Å²) in [7, 11) is -4.05. The molecule has 0 aromatic heterocycles. The molecule has 0 aliphatic carbocycles. The number of primary sulfonamides is 1. The van der Waals surface area contributed by atoms with Crippen molar-refractivity contribution in [2.75, 3.05) is 18.0 Å². The molecule has 0 spiro atoms. The summed E-state index contributed by atoms with van der Waals surface area (Å²) in [6.45, 7) is 0.927. The minimum atomic E-state index is -4.05. The number of nitro benzene ring substituents is 1. The van der Waals surface area contributed by atoms with Crippen LogP contribution in [0.4, 0.5) is 20.2 Å². The van der Waals surface area contributed by atoms with Gasteiger partial charge in [-0.3, -0.25) is 10.1 Å². The molecule has 0 amide bonds. The van der Waals surface area contributed by atoms with Crippen LogP contribution in [0.5, 0.6) is 0 Å². The molecule has 0 atom stereocenters. The molecule has 0 saturated carbocycles. The molecule has 7 nitrogen and oxygen atoms in total.